The van der Waals surface area contributed by atoms with Crippen molar-refractivity contribution in [1.29, 1.82) is 0 Å². The summed E-state index contributed by atoms with van der Waals surface area (Å²) in [6.07, 6.45) is 42.4. The minimum atomic E-state index is -0.759. The van der Waals surface area contributed by atoms with Crippen LogP contribution in [0.15, 0.2) is 0 Å². The Morgan fingerprint density at radius 1 is 0.352 bits per heavy atom. The number of unbranched alkanes of at least 4 members (excludes halogenated alkanes) is 30. The van der Waals surface area contributed by atoms with Crippen LogP contribution in [0.5, 0.6) is 0 Å². The number of hydrogen-bond donors (Lipinski definition) is 0. The van der Waals surface area contributed by atoms with Gasteiger partial charge in [-0.05, 0) is 25.2 Å². The molecule has 0 spiro atoms. The van der Waals surface area contributed by atoms with Gasteiger partial charge >= 0.3 is 17.9 Å². The number of ether oxygens (including phenoxy) is 3. The fourth-order valence-corrected chi connectivity index (χ4v) is 7.16. The van der Waals surface area contributed by atoms with Crippen LogP contribution in [0, 0.1) is 5.92 Å². The lowest BCUT2D eigenvalue weighted by Crippen LogP contribution is -2.30. The smallest absolute Gasteiger partial charge is 0.306 e. The van der Waals surface area contributed by atoms with Crippen molar-refractivity contribution in [3.05, 3.63) is 0 Å². The molecule has 0 saturated heterocycles. The predicted octanol–water partition coefficient (Wildman–Crippen LogP) is 15.1. The Labute approximate surface area is 336 Å². The first-order chi connectivity index (χ1) is 26.4. The van der Waals surface area contributed by atoms with Gasteiger partial charge in [-0.2, -0.15) is 0 Å². The Balaban J connectivity index is 4.23. The lowest BCUT2D eigenvalue weighted by atomic mass is 10.0. The Bertz CT molecular complexity index is 811. The molecule has 1 atom stereocenters. The molecule has 0 aliphatic carbocycles. The molecule has 0 aromatic heterocycles. The summed E-state index contributed by atoms with van der Waals surface area (Å²) in [5, 5.41) is 0. The van der Waals surface area contributed by atoms with Crippen molar-refractivity contribution in [2.45, 2.75) is 271 Å². The molecule has 0 N–H and O–H groups in total. The third-order valence-electron chi connectivity index (χ3n) is 10.8. The number of carbonyl (C=O) groups excluding carboxylic acids is 3. The van der Waals surface area contributed by atoms with E-state index in [0.717, 1.165) is 63.7 Å². The lowest BCUT2D eigenvalue weighted by molar-refractivity contribution is -0.167. The molecule has 0 aliphatic rings. The van der Waals surface area contributed by atoms with Crippen LogP contribution in [0.1, 0.15) is 265 Å². The van der Waals surface area contributed by atoms with Crippen LogP contribution >= 0.6 is 0 Å². The first-order valence-electron chi connectivity index (χ1n) is 23.9. The van der Waals surface area contributed by atoms with Crippen LogP contribution in [-0.2, 0) is 28.6 Å². The summed E-state index contributed by atoms with van der Waals surface area (Å²) in [5.41, 5.74) is 0. The molecule has 0 radical (unpaired) electrons. The van der Waals surface area contributed by atoms with Gasteiger partial charge in [0, 0.05) is 19.3 Å². The summed E-state index contributed by atoms with van der Waals surface area (Å²) < 4.78 is 16.7. The van der Waals surface area contributed by atoms with Gasteiger partial charge in [0.1, 0.15) is 13.2 Å². The SMILES string of the molecule is CCCCCCCCCCCCCCCCCCCC(=O)OC[C@@H](COC(=O)CCCCCCCCCCC)OC(=O)CCCCCCCCCC(C)C. The topological polar surface area (TPSA) is 78.9 Å². The maximum Gasteiger partial charge on any atom is 0.306 e. The molecule has 6 nitrogen and oxygen atoms in total. The summed E-state index contributed by atoms with van der Waals surface area (Å²) in [6.45, 7) is 8.94. The second-order valence-electron chi connectivity index (χ2n) is 16.9. The van der Waals surface area contributed by atoms with Gasteiger partial charge in [0.25, 0.3) is 0 Å². The van der Waals surface area contributed by atoms with E-state index in [9.17, 15) is 14.4 Å². The molecule has 0 aromatic rings. The number of esters is 3. The first kappa shape index (κ1) is 52.4. The van der Waals surface area contributed by atoms with Gasteiger partial charge in [0.2, 0.25) is 0 Å². The quantitative estimate of drug-likeness (QED) is 0.0349. The molecule has 0 unspecified atom stereocenters. The maximum atomic E-state index is 12.7. The van der Waals surface area contributed by atoms with E-state index in [1.807, 2.05) is 0 Å². The molecule has 0 fully saturated rings. The van der Waals surface area contributed by atoms with Crippen molar-refractivity contribution in [2.24, 2.45) is 5.92 Å². The minimum absolute atomic E-state index is 0.0643. The highest BCUT2D eigenvalue weighted by Crippen LogP contribution is 2.16. The molecule has 6 heteroatoms. The first-order valence-corrected chi connectivity index (χ1v) is 23.9. The maximum absolute atomic E-state index is 12.7. The van der Waals surface area contributed by atoms with E-state index in [2.05, 4.69) is 27.7 Å². The van der Waals surface area contributed by atoms with Gasteiger partial charge in [-0.1, -0.05) is 227 Å². The van der Waals surface area contributed by atoms with Crippen LogP contribution in [0.25, 0.3) is 0 Å². The van der Waals surface area contributed by atoms with E-state index in [-0.39, 0.29) is 31.1 Å². The molecule has 0 amide bonds. The van der Waals surface area contributed by atoms with Crippen LogP contribution in [0.4, 0.5) is 0 Å². The van der Waals surface area contributed by atoms with E-state index in [0.29, 0.717) is 19.3 Å². The molecule has 0 saturated carbocycles. The zero-order valence-electron chi connectivity index (χ0n) is 36.7. The minimum Gasteiger partial charge on any atom is -0.462 e. The molecule has 320 valence electrons. The molecule has 0 aliphatic heterocycles. The third kappa shape index (κ3) is 41.6. The molecular weight excluding hydrogens is 673 g/mol. The molecule has 54 heavy (non-hydrogen) atoms. The average Bonchev–Trinajstić information content (AvgIpc) is 3.15. The second kappa shape index (κ2) is 42.6. The van der Waals surface area contributed by atoms with E-state index >= 15 is 0 Å². The van der Waals surface area contributed by atoms with Crippen molar-refractivity contribution >= 4 is 17.9 Å². The molecular formula is C48H92O6. The Kier molecular flexibility index (Phi) is 41.3. The van der Waals surface area contributed by atoms with Crippen molar-refractivity contribution < 1.29 is 28.6 Å². The van der Waals surface area contributed by atoms with Crippen LogP contribution in [-0.4, -0.2) is 37.2 Å². The predicted molar refractivity (Wildman–Crippen MR) is 229 cm³/mol. The Morgan fingerprint density at radius 3 is 0.907 bits per heavy atom. The average molecular weight is 765 g/mol. The van der Waals surface area contributed by atoms with Gasteiger partial charge in [0.05, 0.1) is 0 Å². The lowest BCUT2D eigenvalue weighted by Gasteiger charge is -2.18. The highest BCUT2D eigenvalue weighted by Gasteiger charge is 2.19. The summed E-state index contributed by atoms with van der Waals surface area (Å²) in [5.74, 6) is -0.0788. The third-order valence-corrected chi connectivity index (χ3v) is 10.8. The summed E-state index contributed by atoms with van der Waals surface area (Å²) in [4.78, 5) is 37.7. The highest BCUT2D eigenvalue weighted by molar-refractivity contribution is 5.71. The molecule has 0 aromatic carbocycles. The summed E-state index contributed by atoms with van der Waals surface area (Å²) >= 11 is 0. The van der Waals surface area contributed by atoms with Gasteiger partial charge in [-0.3, -0.25) is 14.4 Å². The summed E-state index contributed by atoms with van der Waals surface area (Å²) in [6, 6.07) is 0. The van der Waals surface area contributed by atoms with E-state index < -0.39 is 6.10 Å². The van der Waals surface area contributed by atoms with E-state index in [1.54, 1.807) is 0 Å². The second-order valence-corrected chi connectivity index (χ2v) is 16.9. The fraction of sp³-hybridized carbons (Fsp3) is 0.938. The van der Waals surface area contributed by atoms with Crippen molar-refractivity contribution in [3.63, 3.8) is 0 Å². The molecule has 0 rings (SSSR count). The van der Waals surface area contributed by atoms with Crippen LogP contribution < -0.4 is 0 Å². The van der Waals surface area contributed by atoms with Crippen molar-refractivity contribution in [2.75, 3.05) is 13.2 Å². The van der Waals surface area contributed by atoms with Crippen molar-refractivity contribution in [3.8, 4) is 0 Å². The van der Waals surface area contributed by atoms with Gasteiger partial charge in [0.15, 0.2) is 6.10 Å². The van der Waals surface area contributed by atoms with Crippen molar-refractivity contribution in [1.82, 2.24) is 0 Å². The number of carbonyl (C=O) groups is 3. The van der Waals surface area contributed by atoms with Crippen LogP contribution in [0.2, 0.25) is 0 Å². The van der Waals surface area contributed by atoms with Gasteiger partial charge < -0.3 is 14.2 Å². The fourth-order valence-electron chi connectivity index (χ4n) is 7.16. The number of hydrogen-bond acceptors (Lipinski definition) is 6. The van der Waals surface area contributed by atoms with E-state index in [1.165, 1.54) is 161 Å². The molecule has 0 heterocycles. The van der Waals surface area contributed by atoms with Crippen LogP contribution in [0.3, 0.4) is 0 Å². The monoisotopic (exact) mass is 765 g/mol. The Hall–Kier alpha value is -1.59. The Morgan fingerprint density at radius 2 is 0.611 bits per heavy atom. The zero-order chi connectivity index (χ0) is 39.6. The van der Waals surface area contributed by atoms with E-state index in [4.69, 9.17) is 14.2 Å². The largest absolute Gasteiger partial charge is 0.462 e. The van der Waals surface area contributed by atoms with Gasteiger partial charge in [-0.25, -0.2) is 0 Å². The normalized spacial score (nSPS) is 11.9. The number of rotatable bonds is 43. The summed E-state index contributed by atoms with van der Waals surface area (Å²) in [7, 11) is 0. The molecule has 0 bridgehead atoms. The highest BCUT2D eigenvalue weighted by atomic mass is 16.6. The standard InChI is InChI=1S/C48H92O6/c1-5-7-9-11-13-15-16-17-18-19-20-21-22-24-28-32-36-40-47(50)53-43-45(42-52-46(49)39-35-31-27-23-14-12-10-8-6-2)54-48(51)41-37-33-29-25-26-30-34-38-44(3)4/h44-45H,5-43H2,1-4H3/t45-/m1/s1. The van der Waals surface area contributed by atoms with Gasteiger partial charge in [-0.15, -0.1) is 0 Å². The zero-order valence-corrected chi connectivity index (χ0v) is 36.7.